The number of esters is 1. The number of methoxy groups -OCH3 is 1. The molecule has 1 fully saturated rings. The Balaban J connectivity index is 1.61. The lowest BCUT2D eigenvalue weighted by Crippen LogP contribution is -2.27. The van der Waals surface area contributed by atoms with Gasteiger partial charge in [-0.1, -0.05) is 59.3 Å². The highest BCUT2D eigenvalue weighted by molar-refractivity contribution is 8.26. The molecule has 2 aromatic carbocycles. The number of hydrogen-bond donors (Lipinski definition) is 0. The fourth-order valence-electron chi connectivity index (χ4n) is 3.13. The second-order valence-corrected chi connectivity index (χ2v) is 10.1. The van der Waals surface area contributed by atoms with Gasteiger partial charge in [0.15, 0.2) is 11.5 Å². The van der Waals surface area contributed by atoms with E-state index < -0.39 is 5.97 Å². The van der Waals surface area contributed by atoms with Gasteiger partial charge in [0.05, 0.1) is 22.1 Å². The average molecular weight is 524 g/mol. The van der Waals surface area contributed by atoms with Gasteiger partial charge in [-0.2, -0.15) is 0 Å². The van der Waals surface area contributed by atoms with Crippen LogP contribution in [-0.4, -0.2) is 34.8 Å². The van der Waals surface area contributed by atoms with Gasteiger partial charge in [0.2, 0.25) is 0 Å². The summed E-state index contributed by atoms with van der Waals surface area (Å²) >= 11 is 20.3. The second kappa shape index (κ2) is 9.41. The van der Waals surface area contributed by atoms with Crippen LogP contribution in [0.15, 0.2) is 41.3 Å². The summed E-state index contributed by atoms with van der Waals surface area (Å²) in [6.45, 7) is 2.39. The third kappa shape index (κ3) is 4.25. The Hall–Kier alpha value is -2.10. The molecule has 2 heterocycles. The number of ether oxygens (including phenoxy) is 2. The van der Waals surface area contributed by atoms with Gasteiger partial charge >= 0.3 is 5.97 Å². The molecular formula is C22H15Cl2NO4S3. The number of thiophene rings is 1. The maximum absolute atomic E-state index is 12.8. The monoisotopic (exact) mass is 523 g/mol. The Morgan fingerprint density at radius 2 is 2.00 bits per heavy atom. The molecule has 1 amide bonds. The highest BCUT2D eigenvalue weighted by Gasteiger charge is 2.30. The van der Waals surface area contributed by atoms with Gasteiger partial charge in [0, 0.05) is 16.6 Å². The zero-order valence-electron chi connectivity index (χ0n) is 16.8. The molecule has 1 saturated heterocycles. The summed E-state index contributed by atoms with van der Waals surface area (Å²) in [5, 5.41) is 1.35. The van der Waals surface area contributed by atoms with E-state index in [1.165, 1.54) is 30.2 Å². The molecule has 0 spiro atoms. The van der Waals surface area contributed by atoms with Crippen molar-refractivity contribution in [2.24, 2.45) is 0 Å². The summed E-state index contributed by atoms with van der Waals surface area (Å²) in [6, 6.07) is 10.4. The summed E-state index contributed by atoms with van der Waals surface area (Å²) in [5.74, 6) is -0.166. The van der Waals surface area contributed by atoms with Crippen molar-refractivity contribution in [2.75, 3.05) is 13.7 Å². The largest absolute Gasteiger partial charge is 0.493 e. The SMILES string of the molecule is CCN1C(=O)C(=Cc2ccc(OC(=O)c3sc4cccc(Cl)c4c3Cl)c(OC)c2)SC1=S. The van der Waals surface area contributed by atoms with E-state index in [1.807, 2.05) is 13.0 Å². The number of amides is 1. The van der Waals surface area contributed by atoms with Crippen LogP contribution >= 0.6 is 58.5 Å². The second-order valence-electron chi connectivity index (χ2n) is 6.58. The third-order valence-corrected chi connectivity index (χ3v) is 7.99. The molecule has 0 radical (unpaired) electrons. The maximum atomic E-state index is 12.8. The van der Waals surface area contributed by atoms with Gasteiger partial charge in [0.1, 0.15) is 9.20 Å². The van der Waals surface area contributed by atoms with E-state index in [-0.39, 0.29) is 21.6 Å². The fourth-order valence-corrected chi connectivity index (χ4v) is 6.34. The van der Waals surface area contributed by atoms with Crippen molar-refractivity contribution in [3.05, 3.63) is 61.8 Å². The number of nitrogens with zero attached hydrogens (tertiary/aromatic N) is 1. The van der Waals surface area contributed by atoms with E-state index in [0.29, 0.717) is 37.5 Å². The molecule has 1 aliphatic heterocycles. The van der Waals surface area contributed by atoms with Crippen molar-refractivity contribution in [2.45, 2.75) is 6.92 Å². The molecule has 4 rings (SSSR count). The highest BCUT2D eigenvalue weighted by Crippen LogP contribution is 2.40. The average Bonchev–Trinajstić information content (AvgIpc) is 3.25. The number of carbonyl (C=O) groups is 2. The lowest BCUT2D eigenvalue weighted by molar-refractivity contribution is -0.121. The maximum Gasteiger partial charge on any atom is 0.355 e. The van der Waals surface area contributed by atoms with Crippen molar-refractivity contribution in [1.29, 1.82) is 0 Å². The number of hydrogen-bond acceptors (Lipinski definition) is 7. The fraction of sp³-hybridized carbons (Fsp3) is 0.136. The van der Waals surface area contributed by atoms with Gasteiger partial charge in [0.25, 0.3) is 5.91 Å². The van der Waals surface area contributed by atoms with Crippen LogP contribution in [0.2, 0.25) is 10.0 Å². The number of fused-ring (bicyclic) bond motifs is 1. The molecule has 1 aliphatic rings. The number of thiocarbonyl (C=S) groups is 1. The van der Waals surface area contributed by atoms with Crippen LogP contribution in [0.3, 0.4) is 0 Å². The Morgan fingerprint density at radius 3 is 2.66 bits per heavy atom. The van der Waals surface area contributed by atoms with Gasteiger partial charge in [-0.3, -0.25) is 9.69 Å². The van der Waals surface area contributed by atoms with Crippen molar-refractivity contribution >= 4 is 90.9 Å². The minimum absolute atomic E-state index is 0.130. The number of rotatable bonds is 5. The topological polar surface area (TPSA) is 55.8 Å². The van der Waals surface area contributed by atoms with Gasteiger partial charge in [-0.15, -0.1) is 11.3 Å². The Kier molecular flexibility index (Phi) is 6.78. The molecule has 0 atom stereocenters. The van der Waals surface area contributed by atoms with Crippen LogP contribution in [-0.2, 0) is 4.79 Å². The molecule has 1 aromatic heterocycles. The standard InChI is InChI=1S/C22H15Cl2NO4S3/c1-3-25-20(26)16(32-22(25)30)10-11-7-8-13(14(9-11)28-2)29-21(27)19-18(24)17-12(23)5-4-6-15(17)31-19/h4-10H,3H2,1-2H3. The van der Waals surface area contributed by atoms with Crippen LogP contribution in [0.4, 0.5) is 0 Å². The molecule has 164 valence electrons. The molecule has 0 N–H and O–H groups in total. The lowest BCUT2D eigenvalue weighted by Gasteiger charge is -2.10. The van der Waals surface area contributed by atoms with Crippen molar-refractivity contribution < 1.29 is 19.1 Å². The first-order valence-electron chi connectivity index (χ1n) is 9.36. The van der Waals surface area contributed by atoms with Gasteiger partial charge < -0.3 is 9.47 Å². The zero-order chi connectivity index (χ0) is 23.0. The normalized spacial score (nSPS) is 15.1. The van der Waals surface area contributed by atoms with Crippen LogP contribution in [0.5, 0.6) is 11.5 Å². The lowest BCUT2D eigenvalue weighted by atomic mass is 10.2. The number of carbonyl (C=O) groups excluding carboxylic acids is 2. The third-order valence-electron chi connectivity index (χ3n) is 4.67. The molecule has 0 unspecified atom stereocenters. The Labute approximate surface area is 207 Å². The predicted molar refractivity (Wildman–Crippen MR) is 135 cm³/mol. The quantitative estimate of drug-likeness (QED) is 0.161. The van der Waals surface area contributed by atoms with E-state index in [0.717, 1.165) is 4.70 Å². The minimum atomic E-state index is -0.609. The molecule has 0 bridgehead atoms. The van der Waals surface area contributed by atoms with Crippen LogP contribution in [0.1, 0.15) is 22.2 Å². The molecule has 3 aromatic rings. The molecule has 0 saturated carbocycles. The first kappa shape index (κ1) is 23.1. The van der Waals surface area contributed by atoms with E-state index in [4.69, 9.17) is 44.9 Å². The van der Waals surface area contributed by atoms with Crippen LogP contribution in [0, 0.1) is 0 Å². The van der Waals surface area contributed by atoms with E-state index in [1.54, 1.807) is 41.3 Å². The van der Waals surface area contributed by atoms with E-state index >= 15 is 0 Å². The highest BCUT2D eigenvalue weighted by atomic mass is 35.5. The Morgan fingerprint density at radius 1 is 1.22 bits per heavy atom. The zero-order valence-corrected chi connectivity index (χ0v) is 20.8. The summed E-state index contributed by atoms with van der Waals surface area (Å²) < 4.78 is 12.3. The minimum Gasteiger partial charge on any atom is -0.493 e. The molecule has 32 heavy (non-hydrogen) atoms. The smallest absolute Gasteiger partial charge is 0.355 e. The number of halogens is 2. The number of thioether (sulfide) groups is 1. The van der Waals surface area contributed by atoms with Gasteiger partial charge in [-0.05, 0) is 42.8 Å². The van der Waals surface area contributed by atoms with Crippen LogP contribution < -0.4 is 9.47 Å². The summed E-state index contributed by atoms with van der Waals surface area (Å²) in [7, 11) is 1.47. The molecular weight excluding hydrogens is 509 g/mol. The predicted octanol–water partition coefficient (Wildman–Crippen LogP) is 6.66. The van der Waals surface area contributed by atoms with Crippen molar-refractivity contribution in [3.63, 3.8) is 0 Å². The first-order chi connectivity index (χ1) is 15.3. The first-order valence-corrected chi connectivity index (χ1v) is 12.2. The van der Waals surface area contributed by atoms with E-state index in [2.05, 4.69) is 0 Å². The van der Waals surface area contributed by atoms with Crippen LogP contribution in [0.25, 0.3) is 16.2 Å². The van der Waals surface area contributed by atoms with Crippen molar-refractivity contribution in [1.82, 2.24) is 4.90 Å². The van der Waals surface area contributed by atoms with Gasteiger partial charge in [-0.25, -0.2) is 4.79 Å². The summed E-state index contributed by atoms with van der Waals surface area (Å²) in [4.78, 5) is 27.6. The number of likely N-dealkylation sites (N-methyl/N-ethyl adjacent to an activating group) is 1. The number of benzene rings is 2. The molecule has 5 nitrogen and oxygen atoms in total. The summed E-state index contributed by atoms with van der Waals surface area (Å²) in [6.07, 6.45) is 1.73. The molecule has 0 aliphatic carbocycles. The Bertz CT molecular complexity index is 1300. The van der Waals surface area contributed by atoms with Crippen molar-refractivity contribution in [3.8, 4) is 11.5 Å². The molecule has 10 heteroatoms. The van der Waals surface area contributed by atoms with E-state index in [9.17, 15) is 9.59 Å². The summed E-state index contributed by atoms with van der Waals surface area (Å²) in [5.41, 5.74) is 0.713.